The highest BCUT2D eigenvalue weighted by molar-refractivity contribution is 5.93. The van der Waals surface area contributed by atoms with Gasteiger partial charge in [0.2, 0.25) is 0 Å². The summed E-state index contributed by atoms with van der Waals surface area (Å²) >= 11 is 0. The molecule has 0 atom stereocenters. The van der Waals surface area contributed by atoms with Crippen molar-refractivity contribution in [3.05, 3.63) is 11.6 Å². The van der Waals surface area contributed by atoms with E-state index in [1.807, 2.05) is 0 Å². The maximum absolute atomic E-state index is 10.5. The van der Waals surface area contributed by atoms with Crippen molar-refractivity contribution in [1.82, 2.24) is 0 Å². The number of aldehydes is 1. The Kier molecular flexibility index (Phi) is 1.63. The van der Waals surface area contributed by atoms with Gasteiger partial charge in [-0.1, -0.05) is 0 Å². The Bertz CT molecular complexity index is 169. The summed E-state index contributed by atoms with van der Waals surface area (Å²) in [5.74, 6) is -0.359. The second-order valence-corrected chi connectivity index (χ2v) is 1.71. The van der Waals surface area contributed by atoms with Crippen LogP contribution >= 0.6 is 0 Å². The molecule has 0 amide bonds. The highest BCUT2D eigenvalue weighted by atomic mass is 16.5. The average Bonchev–Trinajstić information content (AvgIpc) is 2.18. The minimum atomic E-state index is -0.359. The molecule has 0 radical (unpaired) electrons. The summed E-state index contributed by atoms with van der Waals surface area (Å²) in [5, 5.41) is 0. The third-order valence-electron chi connectivity index (χ3n) is 1.14. The predicted octanol–water partition coefficient (Wildman–Crippen LogP) is 0.0586. The Labute approximate surface area is 52.3 Å². The van der Waals surface area contributed by atoms with E-state index in [1.54, 1.807) is 0 Å². The second-order valence-electron chi connectivity index (χ2n) is 1.71. The van der Waals surface area contributed by atoms with Gasteiger partial charge in [0.15, 0.2) is 0 Å². The lowest BCUT2D eigenvalue weighted by molar-refractivity contribution is -0.135. The molecular weight excluding hydrogens is 120 g/mol. The van der Waals surface area contributed by atoms with Crippen molar-refractivity contribution >= 4 is 12.3 Å². The molecule has 0 aromatic carbocycles. The molecule has 0 spiro atoms. The van der Waals surface area contributed by atoms with Gasteiger partial charge in [0, 0.05) is 12.0 Å². The molecule has 0 aliphatic carbocycles. The second kappa shape index (κ2) is 2.44. The summed E-state index contributed by atoms with van der Waals surface area (Å²) in [4.78, 5) is 20.3. The monoisotopic (exact) mass is 126 g/mol. The molecule has 0 aromatic rings. The van der Waals surface area contributed by atoms with E-state index in [-0.39, 0.29) is 5.97 Å². The minimum absolute atomic E-state index is 0.359. The van der Waals surface area contributed by atoms with Gasteiger partial charge in [0.1, 0.15) is 6.29 Å². The standard InChI is InChI=1S/C6H6O3/c7-3-1-5-2-4-9-6(5)8/h1,3H,2,4H2. The lowest BCUT2D eigenvalue weighted by Gasteiger charge is -1.84. The lowest BCUT2D eigenvalue weighted by Crippen LogP contribution is -1.94. The van der Waals surface area contributed by atoms with Crippen LogP contribution in [0.3, 0.4) is 0 Å². The van der Waals surface area contributed by atoms with Crippen LogP contribution in [0.2, 0.25) is 0 Å². The zero-order valence-electron chi connectivity index (χ0n) is 4.79. The maximum Gasteiger partial charge on any atom is 0.334 e. The first kappa shape index (κ1) is 6.01. The third kappa shape index (κ3) is 1.16. The van der Waals surface area contributed by atoms with Gasteiger partial charge in [-0.2, -0.15) is 0 Å². The number of carbonyl (C=O) groups excluding carboxylic acids is 2. The number of rotatable bonds is 1. The molecule has 48 valence electrons. The summed E-state index contributed by atoms with van der Waals surface area (Å²) in [7, 11) is 0. The average molecular weight is 126 g/mol. The van der Waals surface area contributed by atoms with Crippen LogP contribution in [0.15, 0.2) is 11.6 Å². The lowest BCUT2D eigenvalue weighted by atomic mass is 10.2. The Morgan fingerprint density at radius 2 is 2.33 bits per heavy atom. The molecule has 9 heavy (non-hydrogen) atoms. The molecule has 0 unspecified atom stereocenters. The number of cyclic esters (lactones) is 1. The summed E-state index contributed by atoms with van der Waals surface area (Å²) in [6.45, 7) is 0.415. The van der Waals surface area contributed by atoms with Crippen molar-refractivity contribution in [2.24, 2.45) is 0 Å². The molecular formula is C6H6O3. The molecule has 1 aliphatic rings. The zero-order valence-corrected chi connectivity index (χ0v) is 4.79. The fraction of sp³-hybridized carbons (Fsp3) is 0.333. The number of hydrogen-bond donors (Lipinski definition) is 0. The van der Waals surface area contributed by atoms with Gasteiger partial charge >= 0.3 is 5.97 Å². The first-order chi connectivity index (χ1) is 4.34. The fourth-order valence-corrected chi connectivity index (χ4v) is 0.682. The van der Waals surface area contributed by atoms with Gasteiger partial charge in [0.05, 0.1) is 6.61 Å². The molecule has 1 heterocycles. The van der Waals surface area contributed by atoms with E-state index in [1.165, 1.54) is 6.08 Å². The van der Waals surface area contributed by atoms with Crippen LogP contribution in [0.25, 0.3) is 0 Å². The molecule has 3 nitrogen and oxygen atoms in total. The predicted molar refractivity (Wildman–Crippen MR) is 29.7 cm³/mol. The summed E-state index contributed by atoms with van der Waals surface area (Å²) in [5.41, 5.74) is 0.477. The molecule has 3 heteroatoms. The van der Waals surface area contributed by atoms with Crippen molar-refractivity contribution in [2.45, 2.75) is 6.42 Å². The minimum Gasteiger partial charge on any atom is -0.462 e. The Balaban J connectivity index is 2.69. The number of allylic oxidation sites excluding steroid dienone is 1. The molecule has 0 N–H and O–H groups in total. The van der Waals surface area contributed by atoms with Crippen LogP contribution in [-0.2, 0) is 14.3 Å². The van der Waals surface area contributed by atoms with Gasteiger partial charge in [-0.3, -0.25) is 4.79 Å². The van der Waals surface area contributed by atoms with E-state index in [9.17, 15) is 9.59 Å². The Morgan fingerprint density at radius 1 is 1.56 bits per heavy atom. The van der Waals surface area contributed by atoms with E-state index in [2.05, 4.69) is 4.74 Å². The van der Waals surface area contributed by atoms with E-state index < -0.39 is 0 Å². The van der Waals surface area contributed by atoms with Crippen LogP contribution in [0.4, 0.5) is 0 Å². The van der Waals surface area contributed by atoms with Gasteiger partial charge < -0.3 is 4.74 Å². The van der Waals surface area contributed by atoms with Crippen molar-refractivity contribution in [1.29, 1.82) is 0 Å². The third-order valence-corrected chi connectivity index (χ3v) is 1.14. The highest BCUT2D eigenvalue weighted by Crippen LogP contribution is 2.10. The molecule has 1 fully saturated rings. The van der Waals surface area contributed by atoms with Crippen LogP contribution in [0.1, 0.15) is 6.42 Å². The molecule has 0 aromatic heterocycles. The smallest absolute Gasteiger partial charge is 0.334 e. The zero-order chi connectivity index (χ0) is 6.69. The van der Waals surface area contributed by atoms with Crippen LogP contribution in [0.5, 0.6) is 0 Å². The quantitative estimate of drug-likeness (QED) is 0.283. The largest absolute Gasteiger partial charge is 0.462 e. The highest BCUT2D eigenvalue weighted by Gasteiger charge is 2.17. The Morgan fingerprint density at radius 3 is 2.78 bits per heavy atom. The van der Waals surface area contributed by atoms with Gasteiger partial charge in [-0.15, -0.1) is 0 Å². The Hall–Kier alpha value is -1.12. The number of hydrogen-bond acceptors (Lipinski definition) is 3. The molecule has 0 bridgehead atoms. The van der Waals surface area contributed by atoms with Crippen molar-refractivity contribution < 1.29 is 14.3 Å². The summed E-state index contributed by atoms with van der Waals surface area (Å²) in [6.07, 6.45) is 2.41. The molecule has 1 saturated heterocycles. The van der Waals surface area contributed by atoms with Crippen molar-refractivity contribution in [3.8, 4) is 0 Å². The first-order valence-corrected chi connectivity index (χ1v) is 2.66. The van der Waals surface area contributed by atoms with E-state index in [4.69, 9.17) is 0 Å². The van der Waals surface area contributed by atoms with Gasteiger partial charge in [0.25, 0.3) is 0 Å². The van der Waals surface area contributed by atoms with Crippen LogP contribution in [0, 0.1) is 0 Å². The van der Waals surface area contributed by atoms with Gasteiger partial charge in [-0.25, -0.2) is 4.79 Å². The number of ether oxygens (including phenoxy) is 1. The number of carbonyl (C=O) groups is 2. The first-order valence-electron chi connectivity index (χ1n) is 2.66. The van der Waals surface area contributed by atoms with Crippen LogP contribution < -0.4 is 0 Å². The SMILES string of the molecule is O=CC=C1CCOC1=O. The number of esters is 1. The van der Waals surface area contributed by atoms with E-state index in [0.717, 1.165) is 0 Å². The fourth-order valence-electron chi connectivity index (χ4n) is 0.682. The van der Waals surface area contributed by atoms with Gasteiger partial charge in [-0.05, 0) is 6.08 Å². The van der Waals surface area contributed by atoms with Crippen LogP contribution in [-0.4, -0.2) is 18.9 Å². The summed E-state index contributed by atoms with van der Waals surface area (Å²) < 4.78 is 4.55. The molecule has 0 saturated carbocycles. The van der Waals surface area contributed by atoms with Crippen molar-refractivity contribution in [3.63, 3.8) is 0 Å². The molecule has 1 aliphatic heterocycles. The maximum atomic E-state index is 10.5. The normalized spacial score (nSPS) is 22.2. The van der Waals surface area contributed by atoms with E-state index in [0.29, 0.717) is 24.9 Å². The summed E-state index contributed by atoms with van der Waals surface area (Å²) in [6, 6.07) is 0. The van der Waals surface area contributed by atoms with Crippen molar-refractivity contribution in [2.75, 3.05) is 6.61 Å². The topological polar surface area (TPSA) is 43.4 Å². The molecule has 1 rings (SSSR count). The van der Waals surface area contributed by atoms with E-state index >= 15 is 0 Å².